The Morgan fingerprint density at radius 1 is 0.545 bits per heavy atom. The second-order valence-electron chi connectivity index (χ2n) is 3.90. The zero-order valence-corrected chi connectivity index (χ0v) is 10.1. The van der Waals surface area contributed by atoms with Gasteiger partial charge in [-0.15, -0.1) is 0 Å². The van der Waals surface area contributed by atoms with Gasteiger partial charge in [-0.25, -0.2) is 0 Å². The molecule has 1 nitrogen and oxygen atoms in total. The summed E-state index contributed by atoms with van der Waals surface area (Å²) in [4.78, 5) is 0. The van der Waals surface area contributed by atoms with Gasteiger partial charge in [-0.1, -0.05) is 6.92 Å². The normalized spacial score (nSPS) is 16.1. The van der Waals surface area contributed by atoms with Crippen LogP contribution < -0.4 is 5.32 Å². The SMILES string of the molecule is CCNC(F)(F)C(F)(F)C(F)(F)C(F)(F)C(F)(F)C(F)(F)F. The van der Waals surface area contributed by atoms with Crippen LogP contribution >= 0.6 is 0 Å². The fourth-order valence-electron chi connectivity index (χ4n) is 1.10. The Hall–Kier alpha value is -0.950. The molecular weight excluding hydrogens is 357 g/mol. The van der Waals surface area contributed by atoms with E-state index in [-0.39, 0.29) is 0 Å². The second kappa shape index (κ2) is 5.30. The van der Waals surface area contributed by atoms with Gasteiger partial charge >= 0.3 is 35.9 Å². The van der Waals surface area contributed by atoms with E-state index in [9.17, 15) is 57.1 Å². The first kappa shape index (κ1) is 21.0. The maximum absolute atomic E-state index is 12.8. The molecule has 0 aliphatic rings. The number of halogens is 13. The number of alkyl halides is 13. The van der Waals surface area contributed by atoms with Crippen molar-refractivity contribution in [1.82, 2.24) is 5.32 Å². The molecule has 0 spiro atoms. The maximum atomic E-state index is 12.8. The minimum Gasteiger partial charge on any atom is -0.253 e. The van der Waals surface area contributed by atoms with E-state index in [0.717, 1.165) is 0 Å². The van der Waals surface area contributed by atoms with Gasteiger partial charge in [0.15, 0.2) is 0 Å². The monoisotopic (exact) mass is 363 g/mol. The van der Waals surface area contributed by atoms with E-state index in [1.807, 2.05) is 0 Å². The van der Waals surface area contributed by atoms with Crippen molar-refractivity contribution in [3.63, 3.8) is 0 Å². The maximum Gasteiger partial charge on any atom is 0.460 e. The third kappa shape index (κ3) is 2.69. The van der Waals surface area contributed by atoms with E-state index in [1.54, 1.807) is 0 Å². The van der Waals surface area contributed by atoms with Crippen LogP contribution in [0.3, 0.4) is 0 Å². The van der Waals surface area contributed by atoms with Crippen LogP contribution in [0.5, 0.6) is 0 Å². The highest BCUT2D eigenvalue weighted by Crippen LogP contribution is 2.59. The molecule has 0 fully saturated rings. The topological polar surface area (TPSA) is 12.0 Å². The van der Waals surface area contributed by atoms with Crippen molar-refractivity contribution in [1.29, 1.82) is 0 Å². The lowest BCUT2D eigenvalue weighted by atomic mass is 9.96. The van der Waals surface area contributed by atoms with Gasteiger partial charge in [0.1, 0.15) is 0 Å². The molecule has 0 unspecified atom stereocenters. The molecular formula is C8H6F13N. The zero-order valence-electron chi connectivity index (χ0n) is 10.1. The van der Waals surface area contributed by atoms with Crippen molar-refractivity contribution in [3.05, 3.63) is 0 Å². The fourth-order valence-corrected chi connectivity index (χ4v) is 1.10. The summed E-state index contributed by atoms with van der Waals surface area (Å²) in [6.07, 6.45) is -7.39. The van der Waals surface area contributed by atoms with Gasteiger partial charge in [0, 0.05) is 0 Å². The lowest BCUT2D eigenvalue weighted by molar-refractivity contribution is -0.442. The highest BCUT2D eigenvalue weighted by molar-refractivity contribution is 5.09. The standard InChI is InChI=1S/C8H6F13N/c1-2-22-8(20,21)6(15,16)4(11,12)3(9,10)5(13,14)7(17,18)19/h22H,2H2,1H3. The van der Waals surface area contributed by atoms with Crippen LogP contribution in [0.15, 0.2) is 0 Å². The van der Waals surface area contributed by atoms with Gasteiger partial charge in [0.2, 0.25) is 0 Å². The average Bonchev–Trinajstić information content (AvgIpc) is 2.26. The van der Waals surface area contributed by atoms with E-state index in [1.165, 1.54) is 0 Å². The third-order valence-electron chi connectivity index (χ3n) is 2.33. The Morgan fingerprint density at radius 2 is 0.864 bits per heavy atom. The molecule has 0 aromatic carbocycles. The van der Waals surface area contributed by atoms with Gasteiger partial charge in [-0.05, 0) is 6.54 Å². The van der Waals surface area contributed by atoms with E-state index in [4.69, 9.17) is 0 Å². The van der Waals surface area contributed by atoms with E-state index in [2.05, 4.69) is 0 Å². The number of hydrogen-bond acceptors (Lipinski definition) is 1. The summed E-state index contributed by atoms with van der Waals surface area (Å²) in [7, 11) is 0. The van der Waals surface area contributed by atoms with Crippen LogP contribution in [0.2, 0.25) is 0 Å². The first-order chi connectivity index (χ1) is 9.31. The molecule has 0 radical (unpaired) electrons. The summed E-state index contributed by atoms with van der Waals surface area (Å²) in [6.45, 7) is -0.579. The number of nitrogens with one attached hydrogen (secondary N) is 1. The molecule has 1 N–H and O–H groups in total. The molecule has 0 aliphatic carbocycles. The molecule has 0 aromatic heterocycles. The summed E-state index contributed by atoms with van der Waals surface area (Å²) in [6, 6.07) is -6.18. The molecule has 0 atom stereocenters. The first-order valence-electron chi connectivity index (χ1n) is 5.02. The molecule has 22 heavy (non-hydrogen) atoms. The zero-order chi connectivity index (χ0) is 18.4. The molecule has 0 saturated carbocycles. The molecule has 134 valence electrons. The van der Waals surface area contributed by atoms with Crippen LogP contribution in [0.4, 0.5) is 57.1 Å². The van der Waals surface area contributed by atoms with Crippen molar-refractivity contribution < 1.29 is 57.1 Å². The Balaban J connectivity index is 6.11. The Bertz CT molecular complexity index is 395. The molecule has 0 heterocycles. The molecule has 0 rings (SSSR count). The predicted molar refractivity (Wildman–Crippen MR) is 44.5 cm³/mol. The van der Waals surface area contributed by atoms with Gasteiger partial charge in [-0.3, -0.25) is 5.32 Å². The molecule has 14 heteroatoms. The predicted octanol–water partition coefficient (Wildman–Crippen LogP) is 4.29. The van der Waals surface area contributed by atoms with Gasteiger partial charge in [0.05, 0.1) is 0 Å². The minimum absolute atomic E-state index is 0.308. The van der Waals surface area contributed by atoms with E-state index >= 15 is 0 Å². The fraction of sp³-hybridized carbons (Fsp3) is 1.00. The highest BCUT2D eigenvalue weighted by Gasteiger charge is 2.90. The Morgan fingerprint density at radius 3 is 1.14 bits per heavy atom. The summed E-state index contributed by atoms with van der Waals surface area (Å²) >= 11 is 0. The summed E-state index contributed by atoms with van der Waals surface area (Å²) in [5.74, 6) is -30.5. The first-order valence-corrected chi connectivity index (χ1v) is 5.02. The quantitative estimate of drug-likeness (QED) is 0.548. The molecule has 0 aromatic rings. The third-order valence-corrected chi connectivity index (χ3v) is 2.33. The van der Waals surface area contributed by atoms with E-state index < -0.39 is 42.5 Å². The Kier molecular flexibility index (Phi) is 5.07. The largest absolute Gasteiger partial charge is 0.460 e. The van der Waals surface area contributed by atoms with Crippen molar-refractivity contribution in [2.45, 2.75) is 42.8 Å². The van der Waals surface area contributed by atoms with Crippen LogP contribution in [0.1, 0.15) is 6.92 Å². The molecule has 0 bridgehead atoms. The average molecular weight is 363 g/mol. The van der Waals surface area contributed by atoms with Crippen LogP contribution in [-0.4, -0.2) is 42.5 Å². The lowest BCUT2D eigenvalue weighted by Crippen LogP contribution is -2.72. The smallest absolute Gasteiger partial charge is 0.253 e. The van der Waals surface area contributed by atoms with Crippen molar-refractivity contribution >= 4 is 0 Å². The van der Waals surface area contributed by atoms with Crippen molar-refractivity contribution in [2.24, 2.45) is 0 Å². The van der Waals surface area contributed by atoms with Gasteiger partial charge < -0.3 is 0 Å². The summed E-state index contributed by atoms with van der Waals surface area (Å²) in [5.41, 5.74) is 0. The molecule has 0 saturated heterocycles. The number of hydrogen-bond donors (Lipinski definition) is 1. The summed E-state index contributed by atoms with van der Waals surface area (Å²) < 4.78 is 162. The van der Waals surface area contributed by atoms with Crippen LogP contribution in [0, 0.1) is 0 Å². The van der Waals surface area contributed by atoms with E-state index in [0.29, 0.717) is 12.2 Å². The minimum atomic E-state index is -7.85. The molecule has 0 aliphatic heterocycles. The lowest BCUT2D eigenvalue weighted by Gasteiger charge is -2.39. The van der Waals surface area contributed by atoms with Crippen LogP contribution in [0.25, 0.3) is 0 Å². The number of rotatable bonds is 6. The summed E-state index contributed by atoms with van der Waals surface area (Å²) in [5, 5.41) is 0.308. The van der Waals surface area contributed by atoms with Crippen molar-refractivity contribution in [3.8, 4) is 0 Å². The van der Waals surface area contributed by atoms with Gasteiger partial charge in [0.25, 0.3) is 0 Å². The second-order valence-corrected chi connectivity index (χ2v) is 3.90. The van der Waals surface area contributed by atoms with Crippen LogP contribution in [-0.2, 0) is 0 Å². The Labute approximate surface area is 113 Å². The van der Waals surface area contributed by atoms with Crippen molar-refractivity contribution in [2.75, 3.05) is 6.54 Å². The van der Waals surface area contributed by atoms with Gasteiger partial charge in [-0.2, -0.15) is 57.1 Å². The highest BCUT2D eigenvalue weighted by atomic mass is 19.4. The molecule has 0 amide bonds.